The van der Waals surface area contributed by atoms with E-state index in [0.29, 0.717) is 5.02 Å². The normalized spacial score (nSPS) is 20.4. The summed E-state index contributed by atoms with van der Waals surface area (Å²) < 4.78 is 0. The van der Waals surface area contributed by atoms with Crippen molar-refractivity contribution in [3.63, 3.8) is 0 Å². The van der Waals surface area contributed by atoms with Crippen molar-refractivity contribution in [1.29, 1.82) is 0 Å². The fraction of sp³-hybridized carbons (Fsp3) is 0.100. The molecule has 0 radical (unpaired) electrons. The zero-order valence-electron chi connectivity index (χ0n) is 7.95. The summed E-state index contributed by atoms with van der Waals surface area (Å²) in [5, 5.41) is 1.57. The molecule has 1 aliphatic rings. The Labute approximate surface area is 108 Å². The molecule has 3 nitrogen and oxygen atoms in total. The van der Waals surface area contributed by atoms with Gasteiger partial charge in [-0.2, -0.15) is 0 Å². The molecule has 0 saturated carbocycles. The summed E-state index contributed by atoms with van der Waals surface area (Å²) in [7, 11) is 0. The van der Waals surface area contributed by atoms with E-state index in [1.165, 1.54) is 5.01 Å². The van der Waals surface area contributed by atoms with Crippen LogP contribution in [0.3, 0.4) is 0 Å². The Morgan fingerprint density at radius 3 is 2.38 bits per heavy atom. The molecule has 2 rings (SSSR count). The molecule has 84 valence electrons. The van der Waals surface area contributed by atoms with Crippen LogP contribution in [0.5, 0.6) is 0 Å². The van der Waals surface area contributed by atoms with Gasteiger partial charge in [-0.1, -0.05) is 23.2 Å². The fourth-order valence-corrected chi connectivity index (χ4v) is 1.69. The molecule has 0 aliphatic carbocycles. The number of carbonyl (C=O) groups excluding carboxylic acids is 1. The number of alkyl halides is 1. The highest BCUT2D eigenvalue weighted by molar-refractivity contribution is 6.43. The molecule has 1 aliphatic heterocycles. The minimum atomic E-state index is -0.829. The van der Waals surface area contributed by atoms with Gasteiger partial charge < -0.3 is 0 Å². The summed E-state index contributed by atoms with van der Waals surface area (Å²) in [4.78, 5) is 11.4. The van der Waals surface area contributed by atoms with Crippen molar-refractivity contribution in [3.8, 4) is 0 Å². The third-order valence-corrected chi connectivity index (χ3v) is 3.17. The number of amides is 1. The van der Waals surface area contributed by atoms with E-state index in [1.807, 2.05) is 0 Å². The molecule has 1 unspecified atom stereocenters. The molecule has 0 bridgehead atoms. The average molecular weight is 278 g/mol. The molecule has 1 amide bonds. The van der Waals surface area contributed by atoms with E-state index in [4.69, 9.17) is 34.8 Å². The Bertz CT molecular complexity index is 444. The number of hydrogen-bond acceptors (Lipinski definition) is 2. The monoisotopic (exact) mass is 276 g/mol. The van der Waals surface area contributed by atoms with Crippen LogP contribution in [0, 0.1) is 0 Å². The molecule has 0 spiro atoms. The quantitative estimate of drug-likeness (QED) is 0.801. The molecule has 1 heterocycles. The van der Waals surface area contributed by atoms with Crippen LogP contribution in [0.25, 0.3) is 0 Å². The van der Waals surface area contributed by atoms with Gasteiger partial charge in [0, 0.05) is 11.2 Å². The van der Waals surface area contributed by atoms with Gasteiger partial charge >= 0.3 is 0 Å². The summed E-state index contributed by atoms with van der Waals surface area (Å²) in [6, 6.07) is 6.96. The minimum Gasteiger partial charge on any atom is -0.271 e. The topological polar surface area (TPSA) is 32.3 Å². The van der Waals surface area contributed by atoms with E-state index in [-0.39, 0.29) is 10.9 Å². The Kier molecular flexibility index (Phi) is 3.28. The van der Waals surface area contributed by atoms with E-state index in [1.54, 1.807) is 30.5 Å². The first-order valence-electron chi connectivity index (χ1n) is 4.44. The maximum absolute atomic E-state index is 11.4. The predicted molar refractivity (Wildman–Crippen MR) is 65.7 cm³/mol. The largest absolute Gasteiger partial charge is 0.271 e. The van der Waals surface area contributed by atoms with Crippen LogP contribution >= 0.6 is 34.8 Å². The number of rotatable bonds is 1. The lowest BCUT2D eigenvalue weighted by molar-refractivity contribution is -0.120. The Morgan fingerprint density at radius 1 is 1.19 bits per heavy atom. The van der Waals surface area contributed by atoms with Crippen LogP contribution in [0.2, 0.25) is 5.02 Å². The van der Waals surface area contributed by atoms with E-state index < -0.39 is 5.38 Å². The molecular formula is C10H7Cl3N2O. The maximum Gasteiger partial charge on any atom is 0.262 e. The van der Waals surface area contributed by atoms with Gasteiger partial charge in [-0.05, 0) is 24.3 Å². The van der Waals surface area contributed by atoms with Crippen molar-refractivity contribution < 1.29 is 4.79 Å². The van der Waals surface area contributed by atoms with Gasteiger partial charge in [-0.25, -0.2) is 0 Å². The van der Waals surface area contributed by atoms with Crippen molar-refractivity contribution in [2.75, 3.05) is 5.01 Å². The van der Waals surface area contributed by atoms with Crippen LogP contribution in [0.1, 0.15) is 0 Å². The standard InChI is InChI=1S/C10H7Cl3N2O/c11-6-1-3-7(4-2-6)15-5-8(12)9(13)10(16)14-15/h1-5,9H,(H,14,16). The number of carbonyl (C=O) groups is 1. The molecule has 1 aromatic carbocycles. The molecular weight excluding hydrogens is 270 g/mol. The van der Waals surface area contributed by atoms with Crippen molar-refractivity contribution in [1.82, 2.24) is 5.43 Å². The summed E-state index contributed by atoms with van der Waals surface area (Å²) >= 11 is 17.3. The van der Waals surface area contributed by atoms with E-state index in [9.17, 15) is 4.79 Å². The lowest BCUT2D eigenvalue weighted by Crippen LogP contribution is -2.46. The summed E-state index contributed by atoms with van der Waals surface area (Å²) in [6.07, 6.45) is 1.56. The fourth-order valence-electron chi connectivity index (χ4n) is 1.26. The van der Waals surface area contributed by atoms with Crippen molar-refractivity contribution in [3.05, 3.63) is 40.5 Å². The van der Waals surface area contributed by atoms with E-state index in [2.05, 4.69) is 5.43 Å². The molecule has 0 fully saturated rings. The molecule has 1 atom stereocenters. The zero-order chi connectivity index (χ0) is 11.7. The van der Waals surface area contributed by atoms with Gasteiger partial charge in [0.2, 0.25) is 0 Å². The summed E-state index contributed by atoms with van der Waals surface area (Å²) in [5.74, 6) is -0.357. The predicted octanol–water partition coefficient (Wildman–Crippen LogP) is 2.88. The highest BCUT2D eigenvalue weighted by Crippen LogP contribution is 2.24. The summed E-state index contributed by atoms with van der Waals surface area (Å²) in [5.41, 5.74) is 3.34. The molecule has 0 aromatic heterocycles. The average Bonchev–Trinajstić information content (AvgIpc) is 2.26. The highest BCUT2D eigenvalue weighted by atomic mass is 35.5. The van der Waals surface area contributed by atoms with Crippen molar-refractivity contribution >= 4 is 46.4 Å². The third kappa shape index (κ3) is 2.26. The number of nitrogens with one attached hydrogen (secondary N) is 1. The van der Waals surface area contributed by atoms with Crippen LogP contribution in [-0.4, -0.2) is 11.3 Å². The number of halogens is 3. The number of hydrazine groups is 1. The van der Waals surface area contributed by atoms with Crippen LogP contribution in [-0.2, 0) is 4.79 Å². The van der Waals surface area contributed by atoms with E-state index in [0.717, 1.165) is 5.69 Å². The Morgan fingerprint density at radius 2 is 1.81 bits per heavy atom. The zero-order valence-corrected chi connectivity index (χ0v) is 10.2. The lowest BCUT2D eigenvalue weighted by Gasteiger charge is -2.27. The SMILES string of the molecule is O=C1NN(c2ccc(Cl)cc2)C=C(Cl)C1Cl. The smallest absolute Gasteiger partial charge is 0.262 e. The number of hydrogen-bond donors (Lipinski definition) is 1. The third-order valence-electron chi connectivity index (χ3n) is 2.06. The van der Waals surface area contributed by atoms with Crippen LogP contribution in [0.15, 0.2) is 35.5 Å². The van der Waals surface area contributed by atoms with Gasteiger partial charge in [0.25, 0.3) is 5.91 Å². The molecule has 6 heteroatoms. The Balaban J connectivity index is 2.29. The number of benzene rings is 1. The second-order valence-corrected chi connectivity index (χ2v) is 4.51. The van der Waals surface area contributed by atoms with Gasteiger partial charge in [0.1, 0.15) is 0 Å². The van der Waals surface area contributed by atoms with Gasteiger partial charge in [-0.15, -0.1) is 11.6 Å². The maximum atomic E-state index is 11.4. The van der Waals surface area contributed by atoms with Crippen molar-refractivity contribution in [2.24, 2.45) is 0 Å². The first-order valence-corrected chi connectivity index (χ1v) is 5.64. The minimum absolute atomic E-state index is 0.278. The van der Waals surface area contributed by atoms with Crippen LogP contribution < -0.4 is 10.4 Å². The Hall–Kier alpha value is -0.900. The van der Waals surface area contributed by atoms with Crippen LogP contribution in [0.4, 0.5) is 5.69 Å². The molecule has 16 heavy (non-hydrogen) atoms. The van der Waals surface area contributed by atoms with Crippen molar-refractivity contribution in [2.45, 2.75) is 5.38 Å². The second kappa shape index (κ2) is 4.53. The molecule has 1 aromatic rings. The number of nitrogens with zero attached hydrogens (tertiary/aromatic N) is 1. The first kappa shape index (κ1) is 11.6. The number of anilines is 1. The molecule has 1 N–H and O–H groups in total. The van der Waals surface area contributed by atoms with E-state index >= 15 is 0 Å². The lowest BCUT2D eigenvalue weighted by atomic mass is 10.3. The van der Waals surface area contributed by atoms with Gasteiger partial charge in [0.05, 0.1) is 10.7 Å². The second-order valence-electron chi connectivity index (χ2n) is 3.20. The first-order chi connectivity index (χ1) is 7.58. The summed E-state index contributed by atoms with van der Waals surface area (Å²) in [6.45, 7) is 0. The molecule has 0 saturated heterocycles. The van der Waals surface area contributed by atoms with Gasteiger partial charge in [0.15, 0.2) is 5.38 Å². The van der Waals surface area contributed by atoms with Gasteiger partial charge in [-0.3, -0.25) is 15.2 Å². The highest BCUT2D eigenvalue weighted by Gasteiger charge is 2.26.